The van der Waals surface area contributed by atoms with Gasteiger partial charge in [0.2, 0.25) is 3.79 Å². The lowest BCUT2D eigenvalue weighted by atomic mass is 10.3. The lowest BCUT2D eigenvalue weighted by molar-refractivity contribution is 0.0890. The number of aryl methyl sites for hydroxylation is 1. The van der Waals surface area contributed by atoms with Crippen LogP contribution in [0.2, 0.25) is 0 Å². The number of amides is 1. The summed E-state index contributed by atoms with van der Waals surface area (Å²) in [7, 11) is 0. The minimum Gasteiger partial charge on any atom is -0.459 e. The van der Waals surface area contributed by atoms with Crippen LogP contribution in [0.3, 0.4) is 0 Å². The van der Waals surface area contributed by atoms with Crippen LogP contribution in [0, 0.1) is 6.92 Å². The third kappa shape index (κ3) is 3.55. The monoisotopic (exact) mass is 365 g/mol. The van der Waals surface area contributed by atoms with Crippen molar-refractivity contribution in [2.75, 3.05) is 0 Å². The first-order chi connectivity index (χ1) is 10.2. The molecule has 0 radical (unpaired) electrons. The smallest absolute Gasteiger partial charge is 0.330 e. The fourth-order valence-electron chi connectivity index (χ4n) is 1.69. The van der Waals surface area contributed by atoms with Crippen molar-refractivity contribution in [1.82, 2.24) is 14.9 Å². The summed E-state index contributed by atoms with van der Waals surface area (Å²) in [6.07, 6.45) is 1.14. The highest BCUT2D eigenvalue weighted by Crippen LogP contribution is 2.36. The van der Waals surface area contributed by atoms with Gasteiger partial charge >= 0.3 is 5.69 Å². The summed E-state index contributed by atoms with van der Waals surface area (Å²) in [4.78, 5) is 37.4. The van der Waals surface area contributed by atoms with Gasteiger partial charge in [-0.25, -0.2) is 4.79 Å². The number of alkyl halides is 3. The van der Waals surface area contributed by atoms with E-state index < -0.39 is 27.1 Å². The highest BCUT2D eigenvalue weighted by Gasteiger charge is 2.37. The molecule has 2 aromatic heterocycles. The number of aromatic nitrogens is 2. The molecule has 2 heterocycles. The maximum atomic E-state index is 12.0. The molecule has 0 aliphatic heterocycles. The Bertz CT molecular complexity index is 789. The second-order valence-corrected chi connectivity index (χ2v) is 6.74. The Labute approximate surface area is 138 Å². The maximum absolute atomic E-state index is 12.0. The van der Waals surface area contributed by atoms with E-state index in [0.717, 1.165) is 4.57 Å². The van der Waals surface area contributed by atoms with Crippen LogP contribution in [0.15, 0.2) is 38.6 Å². The van der Waals surface area contributed by atoms with Crippen molar-refractivity contribution in [1.29, 1.82) is 0 Å². The molecule has 0 aliphatic rings. The Morgan fingerprint density at radius 2 is 2.09 bits per heavy atom. The molecule has 10 heteroatoms. The molecule has 2 rings (SSSR count). The van der Waals surface area contributed by atoms with E-state index in [1.165, 1.54) is 31.5 Å². The molecule has 0 aliphatic carbocycles. The minimum absolute atomic E-state index is 0.0200. The van der Waals surface area contributed by atoms with E-state index in [0.29, 0.717) is 0 Å². The second-order valence-electron chi connectivity index (χ2n) is 4.37. The van der Waals surface area contributed by atoms with Gasteiger partial charge in [-0.1, -0.05) is 34.8 Å². The lowest BCUT2D eigenvalue weighted by Gasteiger charge is -2.26. The minimum atomic E-state index is -2.04. The molecule has 0 aromatic carbocycles. The third-order valence-electron chi connectivity index (χ3n) is 2.75. The predicted octanol–water partition coefficient (Wildman–Crippen LogP) is 1.74. The zero-order valence-corrected chi connectivity index (χ0v) is 13.4. The Hall–Kier alpha value is -1.70. The summed E-state index contributed by atoms with van der Waals surface area (Å²) in [6, 6.07) is 2.92. The standard InChI is InChI=1S/C12H10Cl3N3O4/c1-6-5-18(11(21)17-8(6)19)10(12(13,14)15)16-9(20)7-3-2-4-22-7/h2-5,10H,1H3,(H,16,20)(H,17,19,21)/t10-/m0/s1. The number of nitrogens with one attached hydrogen (secondary N) is 2. The van der Waals surface area contributed by atoms with Crippen LogP contribution in [-0.2, 0) is 0 Å². The fourth-order valence-corrected chi connectivity index (χ4v) is 2.17. The van der Waals surface area contributed by atoms with Crippen molar-refractivity contribution < 1.29 is 9.21 Å². The van der Waals surface area contributed by atoms with E-state index in [9.17, 15) is 14.4 Å². The van der Waals surface area contributed by atoms with Crippen LogP contribution in [-0.4, -0.2) is 19.3 Å². The molecule has 0 saturated carbocycles. The Kier molecular flexibility index (Phi) is 4.69. The number of aromatic amines is 1. The quantitative estimate of drug-likeness (QED) is 0.809. The van der Waals surface area contributed by atoms with E-state index in [-0.39, 0.29) is 11.3 Å². The van der Waals surface area contributed by atoms with Crippen LogP contribution in [0.25, 0.3) is 0 Å². The van der Waals surface area contributed by atoms with Gasteiger partial charge < -0.3 is 9.73 Å². The first kappa shape index (κ1) is 16.7. The molecule has 0 bridgehead atoms. The number of hydrogen-bond acceptors (Lipinski definition) is 4. The van der Waals surface area contributed by atoms with Crippen molar-refractivity contribution in [3.63, 3.8) is 0 Å². The number of furan rings is 1. The van der Waals surface area contributed by atoms with Crippen LogP contribution >= 0.6 is 34.8 Å². The summed E-state index contributed by atoms with van der Waals surface area (Å²) >= 11 is 17.5. The Balaban J connectivity index is 2.44. The normalized spacial score (nSPS) is 12.9. The molecule has 2 aromatic rings. The van der Waals surface area contributed by atoms with Gasteiger partial charge in [-0.05, 0) is 19.1 Å². The first-order valence-electron chi connectivity index (χ1n) is 5.93. The number of halogens is 3. The molecule has 118 valence electrons. The van der Waals surface area contributed by atoms with Gasteiger partial charge in [-0.15, -0.1) is 0 Å². The van der Waals surface area contributed by atoms with E-state index >= 15 is 0 Å². The number of carbonyl (C=O) groups excluding carboxylic acids is 1. The van der Waals surface area contributed by atoms with Gasteiger partial charge in [0, 0.05) is 11.8 Å². The topological polar surface area (TPSA) is 97.1 Å². The van der Waals surface area contributed by atoms with Gasteiger partial charge in [-0.3, -0.25) is 19.1 Å². The van der Waals surface area contributed by atoms with E-state index in [1.807, 2.05) is 0 Å². The van der Waals surface area contributed by atoms with E-state index in [4.69, 9.17) is 39.2 Å². The van der Waals surface area contributed by atoms with E-state index in [1.54, 1.807) is 0 Å². The summed E-state index contributed by atoms with van der Waals surface area (Å²) < 4.78 is 3.81. The molecule has 22 heavy (non-hydrogen) atoms. The molecule has 1 amide bonds. The number of H-pyrrole nitrogens is 1. The van der Waals surface area contributed by atoms with Crippen LogP contribution in [0.5, 0.6) is 0 Å². The highest BCUT2D eigenvalue weighted by atomic mass is 35.6. The van der Waals surface area contributed by atoms with Gasteiger partial charge in [-0.2, -0.15) is 0 Å². The van der Waals surface area contributed by atoms with Crippen LogP contribution in [0.4, 0.5) is 0 Å². The first-order valence-corrected chi connectivity index (χ1v) is 7.06. The number of nitrogens with zero attached hydrogens (tertiary/aromatic N) is 1. The van der Waals surface area contributed by atoms with Crippen molar-refractivity contribution in [3.05, 3.63) is 56.8 Å². The number of carbonyl (C=O) groups is 1. The van der Waals surface area contributed by atoms with E-state index in [2.05, 4.69) is 10.3 Å². The van der Waals surface area contributed by atoms with Gasteiger partial charge in [0.1, 0.15) is 0 Å². The molecule has 0 spiro atoms. The van der Waals surface area contributed by atoms with Gasteiger partial charge in [0.15, 0.2) is 11.9 Å². The average Bonchev–Trinajstić information content (AvgIpc) is 2.93. The Morgan fingerprint density at radius 3 is 2.64 bits per heavy atom. The molecule has 7 nitrogen and oxygen atoms in total. The molecular formula is C12H10Cl3N3O4. The lowest BCUT2D eigenvalue weighted by Crippen LogP contribution is -2.46. The third-order valence-corrected chi connectivity index (χ3v) is 3.37. The van der Waals surface area contributed by atoms with Gasteiger partial charge in [0.05, 0.1) is 6.26 Å². The fraction of sp³-hybridized carbons (Fsp3) is 0.250. The van der Waals surface area contributed by atoms with Crippen molar-refractivity contribution in [2.45, 2.75) is 16.9 Å². The predicted molar refractivity (Wildman–Crippen MR) is 81.6 cm³/mol. The Morgan fingerprint density at radius 1 is 1.41 bits per heavy atom. The summed E-state index contributed by atoms with van der Waals surface area (Å²) in [5.41, 5.74) is -1.18. The van der Waals surface area contributed by atoms with Crippen molar-refractivity contribution in [3.8, 4) is 0 Å². The highest BCUT2D eigenvalue weighted by molar-refractivity contribution is 6.67. The zero-order chi connectivity index (χ0) is 16.5. The zero-order valence-electron chi connectivity index (χ0n) is 11.1. The second kappa shape index (κ2) is 6.20. The largest absolute Gasteiger partial charge is 0.459 e. The molecule has 0 unspecified atom stereocenters. The molecular weight excluding hydrogens is 357 g/mol. The molecule has 2 N–H and O–H groups in total. The van der Waals surface area contributed by atoms with Crippen molar-refractivity contribution in [2.24, 2.45) is 0 Å². The number of hydrogen-bond donors (Lipinski definition) is 2. The van der Waals surface area contributed by atoms with Gasteiger partial charge in [0.25, 0.3) is 11.5 Å². The molecule has 1 atom stereocenters. The molecule has 0 saturated heterocycles. The number of rotatable bonds is 3. The molecule has 0 fully saturated rings. The van der Waals surface area contributed by atoms with Crippen molar-refractivity contribution >= 4 is 40.7 Å². The SMILES string of the molecule is Cc1cn([C@H](NC(=O)c2ccco2)C(Cl)(Cl)Cl)c(=O)[nH]c1=O. The summed E-state index contributed by atoms with van der Waals surface area (Å²) in [6.45, 7) is 1.47. The van der Waals surface area contributed by atoms with Crippen LogP contribution in [0.1, 0.15) is 22.3 Å². The maximum Gasteiger partial charge on any atom is 0.330 e. The summed E-state index contributed by atoms with van der Waals surface area (Å²) in [5, 5.41) is 2.38. The summed E-state index contributed by atoms with van der Waals surface area (Å²) in [5.74, 6) is -0.703. The van der Waals surface area contributed by atoms with Crippen LogP contribution < -0.4 is 16.6 Å². The average molecular weight is 367 g/mol.